The first-order valence-corrected chi connectivity index (χ1v) is 9.17. The van der Waals surface area contributed by atoms with Crippen molar-refractivity contribution >= 4 is 5.91 Å². The first kappa shape index (κ1) is 17.7. The Morgan fingerprint density at radius 2 is 1.91 bits per heavy atom. The number of aliphatic hydroxyl groups excluding tert-OH is 1. The molecule has 1 aliphatic heterocycles. The molecule has 2 rings (SSSR count). The third-order valence-electron chi connectivity index (χ3n) is 5.47. The van der Waals surface area contributed by atoms with Crippen LogP contribution >= 0.6 is 0 Å². The lowest BCUT2D eigenvalue weighted by atomic mass is 9.95. The molecule has 0 spiro atoms. The lowest BCUT2D eigenvalue weighted by molar-refractivity contribution is -0.135. The van der Waals surface area contributed by atoms with Crippen LogP contribution in [0.15, 0.2) is 0 Å². The Balaban J connectivity index is 1.93. The molecule has 4 heteroatoms. The molecule has 2 N–H and O–H groups in total. The lowest BCUT2D eigenvalue weighted by Gasteiger charge is -2.35. The van der Waals surface area contributed by atoms with E-state index in [-0.39, 0.29) is 18.6 Å². The minimum atomic E-state index is -0.0313. The highest BCUT2D eigenvalue weighted by atomic mass is 16.3. The summed E-state index contributed by atoms with van der Waals surface area (Å²) in [7, 11) is 0. The topological polar surface area (TPSA) is 52.6 Å². The average molecular weight is 310 g/mol. The van der Waals surface area contributed by atoms with Crippen LogP contribution in [0.25, 0.3) is 0 Å². The van der Waals surface area contributed by atoms with Crippen LogP contribution in [0, 0.1) is 17.8 Å². The second-order valence-electron chi connectivity index (χ2n) is 7.81. The largest absolute Gasteiger partial charge is 0.396 e. The van der Waals surface area contributed by atoms with E-state index >= 15 is 0 Å². The van der Waals surface area contributed by atoms with E-state index in [9.17, 15) is 9.90 Å². The fourth-order valence-electron chi connectivity index (χ4n) is 3.92. The molecule has 0 aromatic heterocycles. The van der Waals surface area contributed by atoms with E-state index < -0.39 is 0 Å². The molecule has 1 heterocycles. The van der Waals surface area contributed by atoms with Crippen molar-refractivity contribution in [1.82, 2.24) is 10.2 Å². The number of rotatable bonds is 6. The van der Waals surface area contributed by atoms with Crippen molar-refractivity contribution in [2.24, 2.45) is 17.8 Å². The third kappa shape index (κ3) is 4.69. The minimum absolute atomic E-state index is 0.0313. The molecule has 0 radical (unpaired) electrons. The zero-order valence-electron chi connectivity index (χ0n) is 14.6. The van der Waals surface area contributed by atoms with Gasteiger partial charge in [0.15, 0.2) is 0 Å². The van der Waals surface area contributed by atoms with Crippen LogP contribution < -0.4 is 5.32 Å². The number of piperidine rings is 1. The number of hydrogen-bond acceptors (Lipinski definition) is 3. The molecule has 2 fully saturated rings. The van der Waals surface area contributed by atoms with Crippen LogP contribution in [-0.4, -0.2) is 47.7 Å². The molecule has 0 aromatic rings. The highest BCUT2D eigenvalue weighted by Crippen LogP contribution is 2.26. The molecule has 0 aromatic carbocycles. The van der Waals surface area contributed by atoms with Crippen molar-refractivity contribution in [3.63, 3.8) is 0 Å². The SMILES string of the molecule is CC(C)CC(NC1CCCC1C)C(=O)N1CCC(CO)CC1. The van der Waals surface area contributed by atoms with Gasteiger partial charge in [0.25, 0.3) is 0 Å². The highest BCUT2D eigenvalue weighted by Gasteiger charge is 2.32. The standard InChI is InChI=1S/C18H34N2O2/c1-13(2)11-17(19-16-6-4-5-14(16)3)18(22)20-9-7-15(12-21)8-10-20/h13-17,19,21H,4-12H2,1-3H3. The van der Waals surface area contributed by atoms with Gasteiger partial charge in [-0.25, -0.2) is 0 Å². The third-order valence-corrected chi connectivity index (χ3v) is 5.47. The van der Waals surface area contributed by atoms with Gasteiger partial charge >= 0.3 is 0 Å². The van der Waals surface area contributed by atoms with E-state index in [0.29, 0.717) is 23.8 Å². The van der Waals surface area contributed by atoms with Crippen LogP contribution in [0.4, 0.5) is 0 Å². The van der Waals surface area contributed by atoms with E-state index in [2.05, 4.69) is 26.1 Å². The molecular formula is C18H34N2O2. The van der Waals surface area contributed by atoms with E-state index in [4.69, 9.17) is 0 Å². The summed E-state index contributed by atoms with van der Waals surface area (Å²) in [5.74, 6) is 1.87. The van der Waals surface area contributed by atoms with Crippen LogP contribution in [0.5, 0.6) is 0 Å². The number of amides is 1. The number of carbonyl (C=O) groups excluding carboxylic acids is 1. The monoisotopic (exact) mass is 310 g/mol. The van der Waals surface area contributed by atoms with Gasteiger partial charge in [-0.1, -0.05) is 27.2 Å². The van der Waals surface area contributed by atoms with E-state index in [1.807, 2.05) is 4.90 Å². The summed E-state index contributed by atoms with van der Waals surface area (Å²) in [5, 5.41) is 12.9. The van der Waals surface area contributed by atoms with Crippen LogP contribution in [0.3, 0.4) is 0 Å². The first-order valence-electron chi connectivity index (χ1n) is 9.17. The Morgan fingerprint density at radius 3 is 2.41 bits per heavy atom. The van der Waals surface area contributed by atoms with Crippen molar-refractivity contribution in [3.05, 3.63) is 0 Å². The van der Waals surface area contributed by atoms with Crippen molar-refractivity contribution in [3.8, 4) is 0 Å². The summed E-state index contributed by atoms with van der Waals surface area (Å²) >= 11 is 0. The number of aliphatic hydroxyl groups is 1. The van der Waals surface area contributed by atoms with E-state index in [0.717, 1.165) is 32.4 Å². The Hall–Kier alpha value is -0.610. The molecule has 1 aliphatic carbocycles. The molecule has 1 amide bonds. The van der Waals surface area contributed by atoms with Gasteiger partial charge in [0.2, 0.25) is 5.91 Å². The molecule has 4 nitrogen and oxygen atoms in total. The first-order chi connectivity index (χ1) is 10.5. The summed E-state index contributed by atoms with van der Waals surface area (Å²) in [6, 6.07) is 0.471. The zero-order valence-corrected chi connectivity index (χ0v) is 14.6. The number of hydrogen-bond donors (Lipinski definition) is 2. The molecular weight excluding hydrogens is 276 g/mol. The van der Waals surface area contributed by atoms with Gasteiger partial charge in [-0.05, 0) is 49.9 Å². The molecule has 128 valence electrons. The maximum Gasteiger partial charge on any atom is 0.239 e. The second kappa shape index (κ2) is 8.30. The second-order valence-corrected chi connectivity index (χ2v) is 7.81. The maximum atomic E-state index is 12.9. The predicted molar refractivity (Wildman–Crippen MR) is 89.6 cm³/mol. The number of nitrogens with one attached hydrogen (secondary N) is 1. The van der Waals surface area contributed by atoms with Crippen molar-refractivity contribution in [2.75, 3.05) is 19.7 Å². The predicted octanol–water partition coefficient (Wildman–Crippen LogP) is 2.41. The highest BCUT2D eigenvalue weighted by molar-refractivity contribution is 5.82. The molecule has 3 unspecified atom stereocenters. The van der Waals surface area contributed by atoms with Gasteiger partial charge in [-0.15, -0.1) is 0 Å². The Kier molecular flexibility index (Phi) is 6.69. The van der Waals surface area contributed by atoms with Crippen molar-refractivity contribution in [2.45, 2.75) is 71.4 Å². The van der Waals surface area contributed by atoms with Crippen LogP contribution in [0.1, 0.15) is 59.3 Å². The Labute approximate surface area is 135 Å². The summed E-state index contributed by atoms with van der Waals surface area (Å²) < 4.78 is 0. The fourth-order valence-corrected chi connectivity index (χ4v) is 3.92. The van der Waals surface area contributed by atoms with Gasteiger partial charge in [0.1, 0.15) is 0 Å². The van der Waals surface area contributed by atoms with Gasteiger partial charge in [0.05, 0.1) is 6.04 Å². The lowest BCUT2D eigenvalue weighted by Crippen LogP contribution is -2.52. The molecule has 2 aliphatic rings. The van der Waals surface area contributed by atoms with Crippen LogP contribution in [0.2, 0.25) is 0 Å². The fraction of sp³-hybridized carbons (Fsp3) is 0.944. The van der Waals surface area contributed by atoms with Gasteiger partial charge < -0.3 is 15.3 Å². The van der Waals surface area contributed by atoms with Crippen molar-refractivity contribution in [1.29, 1.82) is 0 Å². The van der Waals surface area contributed by atoms with Gasteiger partial charge in [-0.3, -0.25) is 4.79 Å². The van der Waals surface area contributed by atoms with Crippen LogP contribution in [-0.2, 0) is 4.79 Å². The Bertz CT molecular complexity index is 351. The minimum Gasteiger partial charge on any atom is -0.396 e. The summed E-state index contributed by atoms with van der Waals surface area (Å²) in [4.78, 5) is 14.9. The van der Waals surface area contributed by atoms with Gasteiger partial charge in [0, 0.05) is 25.7 Å². The molecule has 1 saturated carbocycles. The number of carbonyl (C=O) groups is 1. The summed E-state index contributed by atoms with van der Waals surface area (Å²) in [6.07, 6.45) is 6.57. The molecule has 1 saturated heterocycles. The van der Waals surface area contributed by atoms with E-state index in [1.165, 1.54) is 19.3 Å². The zero-order chi connectivity index (χ0) is 16.1. The molecule has 0 bridgehead atoms. The molecule has 3 atom stereocenters. The average Bonchev–Trinajstić information content (AvgIpc) is 2.91. The number of likely N-dealkylation sites (tertiary alicyclic amines) is 1. The smallest absolute Gasteiger partial charge is 0.239 e. The molecule has 22 heavy (non-hydrogen) atoms. The Morgan fingerprint density at radius 1 is 1.23 bits per heavy atom. The summed E-state index contributed by atoms with van der Waals surface area (Å²) in [5.41, 5.74) is 0. The van der Waals surface area contributed by atoms with Crippen molar-refractivity contribution < 1.29 is 9.90 Å². The maximum absolute atomic E-state index is 12.9. The van der Waals surface area contributed by atoms with Gasteiger partial charge in [-0.2, -0.15) is 0 Å². The van der Waals surface area contributed by atoms with E-state index in [1.54, 1.807) is 0 Å². The summed E-state index contributed by atoms with van der Waals surface area (Å²) in [6.45, 7) is 8.56. The normalized spacial score (nSPS) is 28.3. The quantitative estimate of drug-likeness (QED) is 0.792. The number of nitrogens with zero attached hydrogens (tertiary/aromatic N) is 1.